The van der Waals surface area contributed by atoms with Crippen molar-refractivity contribution < 1.29 is 23.5 Å². The van der Waals surface area contributed by atoms with E-state index in [0.717, 1.165) is 16.0 Å². The van der Waals surface area contributed by atoms with Gasteiger partial charge in [-0.1, -0.05) is 24.3 Å². The van der Waals surface area contributed by atoms with Crippen LogP contribution < -0.4 is 9.47 Å². The maximum absolute atomic E-state index is 14.3. The molecule has 3 rings (SSSR count). The fourth-order valence-corrected chi connectivity index (χ4v) is 2.93. The summed E-state index contributed by atoms with van der Waals surface area (Å²) in [4.78, 5) is 27.3. The molecule has 0 N–H and O–H groups in total. The van der Waals surface area contributed by atoms with Crippen molar-refractivity contribution in [2.45, 2.75) is 19.3 Å². The van der Waals surface area contributed by atoms with Gasteiger partial charge in [0.1, 0.15) is 11.5 Å². The van der Waals surface area contributed by atoms with Crippen LogP contribution in [0.4, 0.5) is 9.18 Å². The first-order valence-corrected chi connectivity index (χ1v) is 8.52. The highest BCUT2D eigenvalue weighted by Crippen LogP contribution is 2.21. The van der Waals surface area contributed by atoms with E-state index in [-0.39, 0.29) is 19.6 Å². The van der Waals surface area contributed by atoms with Crippen molar-refractivity contribution in [1.82, 2.24) is 9.80 Å². The van der Waals surface area contributed by atoms with E-state index in [0.29, 0.717) is 11.5 Å². The highest BCUT2D eigenvalue weighted by atomic mass is 19.1. The molecule has 0 radical (unpaired) electrons. The SMILES string of the molecule is COc1ccc(CN2CC(F)C(=O)N(Cc3ccc(OC)cc3)C2=O)cc1. The molecule has 0 aliphatic carbocycles. The number of carbonyl (C=O) groups is 2. The number of alkyl halides is 1. The maximum atomic E-state index is 14.3. The Morgan fingerprint density at radius 3 is 1.85 bits per heavy atom. The zero-order chi connectivity index (χ0) is 19.4. The fraction of sp³-hybridized carbons (Fsp3) is 0.300. The van der Waals surface area contributed by atoms with E-state index in [4.69, 9.17) is 9.47 Å². The topological polar surface area (TPSA) is 59.1 Å². The quantitative estimate of drug-likeness (QED) is 0.782. The number of methoxy groups -OCH3 is 2. The molecule has 3 amide bonds. The zero-order valence-electron chi connectivity index (χ0n) is 15.2. The minimum absolute atomic E-state index is 0.0151. The number of halogens is 1. The van der Waals surface area contributed by atoms with E-state index in [1.807, 2.05) is 12.1 Å². The molecular weight excluding hydrogens is 351 g/mol. The van der Waals surface area contributed by atoms with Gasteiger partial charge < -0.3 is 14.4 Å². The summed E-state index contributed by atoms with van der Waals surface area (Å²) in [6.07, 6.45) is -1.74. The number of rotatable bonds is 6. The predicted molar refractivity (Wildman–Crippen MR) is 97.2 cm³/mol. The van der Waals surface area contributed by atoms with Crippen molar-refractivity contribution in [3.8, 4) is 11.5 Å². The van der Waals surface area contributed by atoms with Crippen molar-refractivity contribution in [1.29, 1.82) is 0 Å². The van der Waals surface area contributed by atoms with Gasteiger partial charge in [0.2, 0.25) is 0 Å². The van der Waals surface area contributed by atoms with Gasteiger partial charge in [0.15, 0.2) is 6.17 Å². The highest BCUT2D eigenvalue weighted by Gasteiger charge is 2.39. The first-order chi connectivity index (χ1) is 13.0. The molecule has 1 aliphatic rings. The Balaban J connectivity index is 1.74. The largest absolute Gasteiger partial charge is 0.497 e. The van der Waals surface area contributed by atoms with Gasteiger partial charge in [-0.15, -0.1) is 0 Å². The highest BCUT2D eigenvalue weighted by molar-refractivity contribution is 5.99. The molecule has 1 heterocycles. The first-order valence-electron chi connectivity index (χ1n) is 8.52. The number of amides is 3. The monoisotopic (exact) mass is 372 g/mol. The molecule has 1 saturated heterocycles. The van der Waals surface area contributed by atoms with Crippen LogP contribution in [-0.4, -0.2) is 48.7 Å². The van der Waals surface area contributed by atoms with Crippen molar-refractivity contribution in [2.75, 3.05) is 20.8 Å². The number of urea groups is 1. The van der Waals surface area contributed by atoms with Gasteiger partial charge >= 0.3 is 6.03 Å². The van der Waals surface area contributed by atoms with Crippen molar-refractivity contribution in [3.05, 3.63) is 59.7 Å². The third kappa shape index (κ3) is 4.19. The van der Waals surface area contributed by atoms with Crippen LogP contribution >= 0.6 is 0 Å². The van der Waals surface area contributed by atoms with Crippen LogP contribution in [0.3, 0.4) is 0 Å². The molecule has 6 nitrogen and oxygen atoms in total. The maximum Gasteiger partial charge on any atom is 0.327 e. The van der Waals surface area contributed by atoms with Gasteiger partial charge in [0.05, 0.1) is 27.3 Å². The molecule has 27 heavy (non-hydrogen) atoms. The number of hydrogen-bond acceptors (Lipinski definition) is 4. The summed E-state index contributed by atoms with van der Waals surface area (Å²) in [5.41, 5.74) is 1.55. The zero-order valence-corrected chi connectivity index (χ0v) is 15.2. The third-order valence-electron chi connectivity index (χ3n) is 4.45. The lowest BCUT2D eigenvalue weighted by molar-refractivity contribution is -0.138. The normalized spacial score (nSPS) is 17.2. The van der Waals surface area contributed by atoms with E-state index in [9.17, 15) is 14.0 Å². The van der Waals surface area contributed by atoms with Crippen molar-refractivity contribution in [2.24, 2.45) is 0 Å². The lowest BCUT2D eigenvalue weighted by Gasteiger charge is -2.36. The molecule has 0 spiro atoms. The van der Waals surface area contributed by atoms with Gasteiger partial charge in [-0.2, -0.15) is 0 Å². The van der Waals surface area contributed by atoms with Gasteiger partial charge in [0, 0.05) is 6.54 Å². The average Bonchev–Trinajstić information content (AvgIpc) is 2.70. The summed E-state index contributed by atoms with van der Waals surface area (Å²) in [5, 5.41) is 0. The molecule has 1 aliphatic heterocycles. The molecule has 1 fully saturated rings. The fourth-order valence-electron chi connectivity index (χ4n) is 2.93. The summed E-state index contributed by atoms with van der Waals surface area (Å²) < 4.78 is 24.5. The predicted octanol–water partition coefficient (Wildman–Crippen LogP) is 3.01. The van der Waals surface area contributed by atoms with E-state index >= 15 is 0 Å². The molecule has 2 aromatic rings. The molecule has 142 valence electrons. The second kappa shape index (κ2) is 8.07. The smallest absolute Gasteiger partial charge is 0.327 e. The Morgan fingerprint density at radius 2 is 1.37 bits per heavy atom. The number of carbonyl (C=O) groups excluding carboxylic acids is 2. The second-order valence-corrected chi connectivity index (χ2v) is 6.25. The standard InChI is InChI=1S/C20H21FN2O4/c1-26-16-7-3-14(4-8-16)11-22-13-18(21)19(24)23(20(22)25)12-15-5-9-17(27-2)10-6-15/h3-10,18H,11-13H2,1-2H3. The first kappa shape index (κ1) is 18.7. The summed E-state index contributed by atoms with van der Waals surface area (Å²) in [5.74, 6) is 0.560. The lowest BCUT2D eigenvalue weighted by atomic mass is 10.1. The van der Waals surface area contributed by atoms with Gasteiger partial charge in [-0.3, -0.25) is 9.69 Å². The van der Waals surface area contributed by atoms with E-state index in [1.165, 1.54) is 4.90 Å². The number of nitrogens with zero attached hydrogens (tertiary/aromatic N) is 2. The van der Waals surface area contributed by atoms with E-state index in [1.54, 1.807) is 50.6 Å². The number of hydrogen-bond donors (Lipinski definition) is 0. The average molecular weight is 372 g/mol. The van der Waals surface area contributed by atoms with Gasteiger partial charge in [0.25, 0.3) is 5.91 Å². The molecule has 1 unspecified atom stereocenters. The van der Waals surface area contributed by atoms with Crippen LogP contribution in [0.15, 0.2) is 48.5 Å². The summed E-state index contributed by atoms with van der Waals surface area (Å²) in [7, 11) is 3.12. The van der Waals surface area contributed by atoms with Crippen LogP contribution in [0, 0.1) is 0 Å². The number of imide groups is 1. The summed E-state index contributed by atoms with van der Waals surface area (Å²) >= 11 is 0. The second-order valence-electron chi connectivity index (χ2n) is 6.25. The van der Waals surface area contributed by atoms with E-state index in [2.05, 4.69) is 0 Å². The molecule has 0 bridgehead atoms. The Hall–Kier alpha value is -3.09. The Labute approximate surface area is 157 Å². The summed E-state index contributed by atoms with van der Waals surface area (Å²) in [6, 6.07) is 13.6. The Bertz CT molecular complexity index is 808. The number of benzene rings is 2. The van der Waals surface area contributed by atoms with Crippen molar-refractivity contribution >= 4 is 11.9 Å². The van der Waals surface area contributed by atoms with Crippen LogP contribution in [0.5, 0.6) is 11.5 Å². The molecule has 2 aromatic carbocycles. The molecule has 0 saturated carbocycles. The number of ether oxygens (including phenoxy) is 2. The Morgan fingerprint density at radius 1 is 0.889 bits per heavy atom. The lowest BCUT2D eigenvalue weighted by Crippen LogP contribution is -2.56. The van der Waals surface area contributed by atoms with Gasteiger partial charge in [-0.25, -0.2) is 9.18 Å². The van der Waals surface area contributed by atoms with Gasteiger partial charge in [-0.05, 0) is 35.4 Å². The summed E-state index contributed by atoms with van der Waals surface area (Å²) in [6.45, 7) is -0.0142. The molecule has 0 aromatic heterocycles. The van der Waals surface area contributed by atoms with Crippen LogP contribution in [0.2, 0.25) is 0 Å². The molecule has 1 atom stereocenters. The Kier molecular flexibility index (Phi) is 5.59. The minimum atomic E-state index is -1.74. The van der Waals surface area contributed by atoms with Crippen molar-refractivity contribution in [3.63, 3.8) is 0 Å². The van der Waals surface area contributed by atoms with Crippen LogP contribution in [0.1, 0.15) is 11.1 Å². The molecular formula is C20H21FN2O4. The van der Waals surface area contributed by atoms with Crippen LogP contribution in [-0.2, 0) is 17.9 Å². The van der Waals surface area contributed by atoms with E-state index < -0.39 is 18.1 Å². The minimum Gasteiger partial charge on any atom is -0.497 e. The van der Waals surface area contributed by atoms with Crippen LogP contribution in [0.25, 0.3) is 0 Å². The molecule has 7 heteroatoms. The third-order valence-corrected chi connectivity index (χ3v) is 4.45.